The van der Waals surface area contributed by atoms with Crippen LogP contribution in [0.3, 0.4) is 0 Å². The maximum absolute atomic E-state index is 13.0. The summed E-state index contributed by atoms with van der Waals surface area (Å²) in [5.74, 6) is -0.222. The largest absolute Gasteiger partial charge is 0.275 e. The lowest BCUT2D eigenvalue weighted by Crippen LogP contribution is -2.27. The van der Waals surface area contributed by atoms with E-state index >= 15 is 0 Å². The number of carbonyl (C=O) groups excluding carboxylic acids is 1. The van der Waals surface area contributed by atoms with Gasteiger partial charge in [-0.25, -0.2) is 9.45 Å². The molecule has 3 nitrogen and oxygen atoms in total. The highest BCUT2D eigenvalue weighted by atomic mass is 19.1. The summed E-state index contributed by atoms with van der Waals surface area (Å²) in [6.07, 6.45) is 0.774. The van der Waals surface area contributed by atoms with Crippen molar-refractivity contribution in [1.82, 2.24) is 5.06 Å². The number of nitrogens with zero attached hydrogens (tertiary/aromatic N) is 1. The Balaban J connectivity index is 2.04. The summed E-state index contributed by atoms with van der Waals surface area (Å²) in [7, 11) is 3.04. The van der Waals surface area contributed by atoms with Crippen LogP contribution in [0.4, 0.5) is 4.39 Å². The number of hydrogen-bond donors (Lipinski definition) is 0. The molecule has 16 heavy (non-hydrogen) atoms. The molecule has 1 amide bonds. The smallest absolute Gasteiger partial charge is 0.249 e. The van der Waals surface area contributed by atoms with Gasteiger partial charge in [0.25, 0.3) is 0 Å². The van der Waals surface area contributed by atoms with E-state index < -0.39 is 0 Å². The van der Waals surface area contributed by atoms with Crippen molar-refractivity contribution >= 4 is 5.91 Å². The molecular weight excluding hydrogens is 209 g/mol. The topological polar surface area (TPSA) is 29.5 Å². The Morgan fingerprint density at radius 3 is 2.94 bits per heavy atom. The van der Waals surface area contributed by atoms with Gasteiger partial charge in [-0.3, -0.25) is 9.63 Å². The first-order chi connectivity index (χ1) is 7.63. The molecule has 1 aromatic rings. The normalized spacial score (nSPS) is 22.9. The number of rotatable bonds is 3. The van der Waals surface area contributed by atoms with Gasteiger partial charge in [0, 0.05) is 13.0 Å². The van der Waals surface area contributed by atoms with Crippen molar-refractivity contribution < 1.29 is 14.0 Å². The number of hydroxylamine groups is 2. The molecule has 0 spiro atoms. The van der Waals surface area contributed by atoms with Gasteiger partial charge in [0.15, 0.2) is 0 Å². The quantitative estimate of drug-likeness (QED) is 0.733. The zero-order chi connectivity index (χ0) is 11.7. The van der Waals surface area contributed by atoms with E-state index in [9.17, 15) is 9.18 Å². The third kappa shape index (κ3) is 2.07. The number of halogens is 1. The van der Waals surface area contributed by atoms with E-state index in [1.54, 1.807) is 13.1 Å². The predicted octanol–water partition coefficient (Wildman–Crippen LogP) is 1.95. The van der Waals surface area contributed by atoms with Crippen molar-refractivity contribution in [3.05, 3.63) is 35.6 Å². The molecule has 1 aromatic carbocycles. The first-order valence-electron chi connectivity index (χ1n) is 5.20. The Labute approximate surface area is 93.8 Å². The third-order valence-electron chi connectivity index (χ3n) is 2.97. The van der Waals surface area contributed by atoms with E-state index in [0.29, 0.717) is 0 Å². The van der Waals surface area contributed by atoms with E-state index in [1.807, 2.05) is 6.07 Å². The van der Waals surface area contributed by atoms with Gasteiger partial charge in [-0.15, -0.1) is 0 Å². The number of amides is 1. The first-order valence-corrected chi connectivity index (χ1v) is 5.20. The summed E-state index contributed by atoms with van der Waals surface area (Å²) in [6.45, 7) is 0. The monoisotopic (exact) mass is 223 g/mol. The highest BCUT2D eigenvalue weighted by Crippen LogP contribution is 2.48. The van der Waals surface area contributed by atoms with Gasteiger partial charge in [-0.05, 0) is 30.0 Å². The molecule has 2 rings (SSSR count). The van der Waals surface area contributed by atoms with E-state index in [1.165, 1.54) is 24.3 Å². The summed E-state index contributed by atoms with van der Waals surface area (Å²) >= 11 is 0. The van der Waals surface area contributed by atoms with Crippen molar-refractivity contribution in [3.8, 4) is 0 Å². The third-order valence-corrected chi connectivity index (χ3v) is 2.97. The molecule has 0 bridgehead atoms. The zero-order valence-corrected chi connectivity index (χ0v) is 9.31. The molecule has 0 aliphatic heterocycles. The second kappa shape index (κ2) is 4.22. The Bertz CT molecular complexity index is 408. The van der Waals surface area contributed by atoms with E-state index in [4.69, 9.17) is 4.84 Å². The predicted molar refractivity (Wildman–Crippen MR) is 57.0 cm³/mol. The van der Waals surface area contributed by atoms with Crippen LogP contribution in [0.25, 0.3) is 0 Å². The fourth-order valence-electron chi connectivity index (χ4n) is 1.90. The van der Waals surface area contributed by atoms with Crippen molar-refractivity contribution in [1.29, 1.82) is 0 Å². The summed E-state index contributed by atoms with van der Waals surface area (Å²) < 4.78 is 13.0. The van der Waals surface area contributed by atoms with E-state index in [-0.39, 0.29) is 23.6 Å². The molecule has 86 valence electrons. The molecular formula is C12H14FNO2. The minimum atomic E-state index is -0.254. The Hall–Kier alpha value is -1.42. The highest BCUT2D eigenvalue weighted by Gasteiger charge is 2.45. The molecule has 1 aliphatic rings. The van der Waals surface area contributed by atoms with Crippen molar-refractivity contribution in [2.24, 2.45) is 5.92 Å². The Morgan fingerprint density at radius 1 is 1.56 bits per heavy atom. The minimum absolute atomic E-state index is 0.0447. The second-order valence-electron chi connectivity index (χ2n) is 4.02. The molecule has 1 saturated carbocycles. The lowest BCUT2D eigenvalue weighted by molar-refractivity contribution is -0.170. The minimum Gasteiger partial charge on any atom is -0.275 e. The number of carbonyl (C=O) groups is 1. The first kappa shape index (κ1) is 11.1. The van der Waals surface area contributed by atoms with Crippen LogP contribution in [-0.2, 0) is 9.63 Å². The van der Waals surface area contributed by atoms with Crippen LogP contribution >= 0.6 is 0 Å². The maximum atomic E-state index is 13.0. The summed E-state index contributed by atoms with van der Waals surface area (Å²) in [6, 6.07) is 6.42. The van der Waals surface area contributed by atoms with Gasteiger partial charge in [-0.1, -0.05) is 12.1 Å². The van der Waals surface area contributed by atoms with Gasteiger partial charge < -0.3 is 0 Å². The molecule has 2 atom stereocenters. The lowest BCUT2D eigenvalue weighted by atomic mass is 10.1. The average Bonchev–Trinajstić information content (AvgIpc) is 3.07. The Kier molecular flexibility index (Phi) is 2.92. The molecule has 4 heteroatoms. The highest BCUT2D eigenvalue weighted by molar-refractivity contribution is 5.81. The van der Waals surface area contributed by atoms with Gasteiger partial charge in [0.2, 0.25) is 5.91 Å². The molecule has 1 fully saturated rings. The maximum Gasteiger partial charge on any atom is 0.249 e. The fourth-order valence-corrected chi connectivity index (χ4v) is 1.90. The van der Waals surface area contributed by atoms with Crippen LogP contribution in [0, 0.1) is 11.7 Å². The van der Waals surface area contributed by atoms with Crippen LogP contribution in [0.15, 0.2) is 24.3 Å². The molecule has 0 N–H and O–H groups in total. The van der Waals surface area contributed by atoms with Crippen LogP contribution in [0.2, 0.25) is 0 Å². The molecule has 2 unspecified atom stereocenters. The molecule has 0 heterocycles. The summed E-state index contributed by atoms with van der Waals surface area (Å²) in [5.41, 5.74) is 0.892. The number of hydrogen-bond acceptors (Lipinski definition) is 2. The van der Waals surface area contributed by atoms with Gasteiger partial charge in [-0.2, -0.15) is 0 Å². The Morgan fingerprint density at radius 2 is 2.31 bits per heavy atom. The van der Waals surface area contributed by atoms with E-state index in [0.717, 1.165) is 12.0 Å². The van der Waals surface area contributed by atoms with E-state index in [2.05, 4.69) is 0 Å². The van der Waals surface area contributed by atoms with Crippen molar-refractivity contribution in [2.45, 2.75) is 12.3 Å². The molecule has 0 aromatic heterocycles. The van der Waals surface area contributed by atoms with Crippen molar-refractivity contribution in [3.63, 3.8) is 0 Å². The van der Waals surface area contributed by atoms with Crippen LogP contribution in [0.5, 0.6) is 0 Å². The molecule has 0 saturated heterocycles. The molecule has 1 aliphatic carbocycles. The second-order valence-corrected chi connectivity index (χ2v) is 4.02. The van der Waals surface area contributed by atoms with Crippen LogP contribution in [0.1, 0.15) is 17.9 Å². The van der Waals surface area contributed by atoms with Crippen LogP contribution < -0.4 is 0 Å². The SMILES string of the molecule is CON(C)C(=O)C1CC1c1cccc(F)c1. The van der Waals surface area contributed by atoms with Gasteiger partial charge >= 0.3 is 0 Å². The molecule has 0 radical (unpaired) electrons. The van der Waals surface area contributed by atoms with Crippen LogP contribution in [-0.4, -0.2) is 25.1 Å². The lowest BCUT2D eigenvalue weighted by Gasteiger charge is -2.13. The summed E-state index contributed by atoms with van der Waals surface area (Å²) in [4.78, 5) is 16.5. The average molecular weight is 223 g/mol. The number of benzene rings is 1. The fraction of sp³-hybridized carbons (Fsp3) is 0.417. The van der Waals surface area contributed by atoms with Crippen molar-refractivity contribution in [2.75, 3.05) is 14.2 Å². The zero-order valence-electron chi connectivity index (χ0n) is 9.31. The standard InChI is InChI=1S/C12H14FNO2/c1-14(16-2)12(15)11-7-10(11)8-4-3-5-9(13)6-8/h3-6,10-11H,7H2,1-2H3. The van der Waals surface area contributed by atoms with Gasteiger partial charge in [0.1, 0.15) is 5.82 Å². The summed E-state index contributed by atoms with van der Waals surface area (Å²) in [5, 5.41) is 1.23. The van der Waals surface area contributed by atoms with Gasteiger partial charge in [0.05, 0.1) is 7.11 Å².